The van der Waals surface area contributed by atoms with Crippen LogP contribution in [0.15, 0.2) is 41.3 Å². The van der Waals surface area contributed by atoms with E-state index in [4.69, 9.17) is 10.7 Å². The molecule has 0 aliphatic carbocycles. The molecule has 0 atom stereocenters. The van der Waals surface area contributed by atoms with E-state index in [1.165, 1.54) is 12.1 Å². The molecule has 0 spiro atoms. The Bertz CT molecular complexity index is 708. The quantitative estimate of drug-likeness (QED) is 0.750. The molecule has 0 aliphatic rings. The molecular weight excluding hydrogens is 289 g/mol. The molecule has 0 radical (unpaired) electrons. The minimum Gasteiger partial charge on any atom is -0.207 e. The van der Waals surface area contributed by atoms with Crippen LogP contribution in [0.3, 0.4) is 0 Å². The molecule has 0 aromatic heterocycles. The zero-order valence-corrected chi connectivity index (χ0v) is 10.3. The summed E-state index contributed by atoms with van der Waals surface area (Å²) in [4.78, 5) is -0.921. The summed E-state index contributed by atoms with van der Waals surface area (Å²) in [5, 5.41) is 0.679. The first-order valence-corrected chi connectivity index (χ1v) is 7.05. The van der Waals surface area contributed by atoms with Crippen molar-refractivity contribution in [3.05, 3.63) is 42.0 Å². The van der Waals surface area contributed by atoms with Gasteiger partial charge in [0.1, 0.15) is 0 Å². The van der Waals surface area contributed by atoms with Crippen LogP contribution in [0.25, 0.3) is 10.8 Å². The fourth-order valence-corrected chi connectivity index (χ4v) is 2.73. The van der Waals surface area contributed by atoms with Gasteiger partial charge in [-0.15, -0.1) is 0 Å². The highest BCUT2D eigenvalue weighted by Gasteiger charge is 2.37. The third-order valence-corrected chi connectivity index (χ3v) is 3.78. The lowest BCUT2D eigenvalue weighted by atomic mass is 10.1. The van der Waals surface area contributed by atoms with Crippen LogP contribution < -0.4 is 0 Å². The van der Waals surface area contributed by atoms with Crippen LogP contribution in [0.2, 0.25) is 0 Å². The first-order valence-electron chi connectivity index (χ1n) is 4.74. The summed E-state index contributed by atoms with van der Waals surface area (Å²) in [6, 6.07) is 7.86. The maximum Gasteiger partial charge on any atom is 0.417 e. The molecule has 0 unspecified atom stereocenters. The van der Waals surface area contributed by atoms with Gasteiger partial charge in [0.2, 0.25) is 0 Å². The van der Waals surface area contributed by atoms with Crippen LogP contribution in [0.5, 0.6) is 0 Å². The average Bonchev–Trinajstić information content (AvgIpc) is 2.25. The molecule has 0 N–H and O–H groups in total. The molecule has 2 aromatic rings. The van der Waals surface area contributed by atoms with Crippen molar-refractivity contribution in [3.8, 4) is 0 Å². The van der Waals surface area contributed by atoms with E-state index in [1.807, 2.05) is 0 Å². The summed E-state index contributed by atoms with van der Waals surface area (Å²) in [5.41, 5.74) is -1.25. The summed E-state index contributed by atoms with van der Waals surface area (Å²) >= 11 is 0. The number of hydrogen-bond donors (Lipinski definition) is 0. The van der Waals surface area contributed by atoms with Gasteiger partial charge in [-0.1, -0.05) is 24.3 Å². The molecule has 96 valence electrons. The number of hydrogen-bond acceptors (Lipinski definition) is 2. The zero-order valence-electron chi connectivity index (χ0n) is 8.70. The molecule has 7 heteroatoms. The van der Waals surface area contributed by atoms with Crippen molar-refractivity contribution in [2.24, 2.45) is 0 Å². The predicted octanol–water partition coefficient (Wildman–Crippen LogP) is 3.79. The minimum atomic E-state index is -4.78. The number of halogens is 4. The van der Waals surface area contributed by atoms with Gasteiger partial charge in [0, 0.05) is 10.7 Å². The average molecular weight is 295 g/mol. The molecule has 0 aliphatic heterocycles. The van der Waals surface area contributed by atoms with E-state index in [9.17, 15) is 21.6 Å². The van der Waals surface area contributed by atoms with E-state index >= 15 is 0 Å². The van der Waals surface area contributed by atoms with Crippen molar-refractivity contribution < 1.29 is 21.6 Å². The van der Waals surface area contributed by atoms with Crippen LogP contribution in [0.4, 0.5) is 13.2 Å². The van der Waals surface area contributed by atoms with Crippen LogP contribution in [0, 0.1) is 0 Å². The normalized spacial score (nSPS) is 12.9. The second-order valence-electron chi connectivity index (χ2n) is 3.63. The maximum absolute atomic E-state index is 12.8. The highest BCUT2D eigenvalue weighted by Crippen LogP contribution is 2.37. The van der Waals surface area contributed by atoms with Crippen molar-refractivity contribution in [1.82, 2.24) is 0 Å². The Morgan fingerprint density at radius 3 is 1.94 bits per heavy atom. The van der Waals surface area contributed by atoms with Crippen LogP contribution in [-0.4, -0.2) is 8.42 Å². The first-order chi connectivity index (χ1) is 8.19. The predicted molar refractivity (Wildman–Crippen MR) is 62.0 cm³/mol. The molecule has 0 fully saturated rings. The van der Waals surface area contributed by atoms with E-state index in [2.05, 4.69) is 0 Å². The monoisotopic (exact) mass is 294 g/mol. The lowest BCUT2D eigenvalue weighted by Gasteiger charge is -2.12. The standard InChI is InChI=1S/C11H6ClF3O2S/c12-18(16,17)10-6-8-4-2-1-3-7(8)5-9(10)11(13,14)15/h1-6H. The fraction of sp³-hybridized carbons (Fsp3) is 0.0909. The molecule has 2 nitrogen and oxygen atoms in total. The topological polar surface area (TPSA) is 34.1 Å². The number of rotatable bonds is 1. The van der Waals surface area contributed by atoms with Crippen molar-refractivity contribution in [2.75, 3.05) is 0 Å². The van der Waals surface area contributed by atoms with Gasteiger partial charge in [-0.05, 0) is 22.9 Å². The third-order valence-electron chi connectivity index (χ3n) is 2.42. The second kappa shape index (κ2) is 4.13. The van der Waals surface area contributed by atoms with Crippen LogP contribution in [0.1, 0.15) is 5.56 Å². The fourth-order valence-electron chi connectivity index (χ4n) is 1.64. The molecular formula is C11H6ClF3O2S. The molecule has 2 rings (SSSR count). The Balaban J connectivity index is 2.90. The van der Waals surface area contributed by atoms with Gasteiger partial charge in [-0.25, -0.2) is 8.42 Å². The largest absolute Gasteiger partial charge is 0.417 e. The Hall–Kier alpha value is -1.27. The zero-order chi connectivity index (χ0) is 13.6. The maximum atomic E-state index is 12.8. The summed E-state index contributed by atoms with van der Waals surface area (Å²) in [6.45, 7) is 0. The summed E-state index contributed by atoms with van der Waals surface area (Å²) < 4.78 is 60.8. The molecule has 0 saturated heterocycles. The van der Waals surface area contributed by atoms with Crippen molar-refractivity contribution in [1.29, 1.82) is 0 Å². The molecule has 0 heterocycles. The van der Waals surface area contributed by atoms with Gasteiger partial charge in [0.05, 0.1) is 10.5 Å². The number of benzene rings is 2. The smallest absolute Gasteiger partial charge is 0.207 e. The van der Waals surface area contributed by atoms with Gasteiger partial charge in [0.25, 0.3) is 9.05 Å². The number of fused-ring (bicyclic) bond motifs is 1. The Kier molecular flexibility index (Phi) is 3.03. The highest BCUT2D eigenvalue weighted by atomic mass is 35.7. The summed E-state index contributed by atoms with van der Waals surface area (Å²) in [5.74, 6) is 0. The van der Waals surface area contributed by atoms with Gasteiger partial charge in [-0.3, -0.25) is 0 Å². The van der Waals surface area contributed by atoms with E-state index in [1.54, 1.807) is 12.1 Å². The number of alkyl halides is 3. The lowest BCUT2D eigenvalue weighted by molar-refractivity contribution is -0.139. The van der Waals surface area contributed by atoms with Gasteiger partial charge in [0.15, 0.2) is 0 Å². The van der Waals surface area contributed by atoms with Crippen LogP contribution in [-0.2, 0) is 15.2 Å². The second-order valence-corrected chi connectivity index (χ2v) is 6.17. The molecule has 2 aromatic carbocycles. The van der Waals surface area contributed by atoms with E-state index in [0.29, 0.717) is 10.8 Å². The molecule has 0 amide bonds. The van der Waals surface area contributed by atoms with Crippen molar-refractivity contribution >= 4 is 30.5 Å². The van der Waals surface area contributed by atoms with Crippen LogP contribution >= 0.6 is 10.7 Å². The van der Waals surface area contributed by atoms with Gasteiger partial charge in [-0.2, -0.15) is 13.2 Å². The van der Waals surface area contributed by atoms with Crippen molar-refractivity contribution in [2.45, 2.75) is 11.1 Å². The summed E-state index contributed by atoms with van der Waals surface area (Å²) in [6.07, 6.45) is -4.78. The molecule has 18 heavy (non-hydrogen) atoms. The third kappa shape index (κ3) is 2.44. The van der Waals surface area contributed by atoms with Crippen molar-refractivity contribution in [3.63, 3.8) is 0 Å². The van der Waals surface area contributed by atoms with Gasteiger partial charge < -0.3 is 0 Å². The Morgan fingerprint density at radius 1 is 1.00 bits per heavy atom. The summed E-state index contributed by atoms with van der Waals surface area (Å²) in [7, 11) is 0.587. The molecule has 0 saturated carbocycles. The highest BCUT2D eigenvalue weighted by molar-refractivity contribution is 8.13. The first kappa shape index (κ1) is 13.2. The Morgan fingerprint density at radius 2 is 1.50 bits per heavy atom. The Labute approximate surface area is 105 Å². The van der Waals surface area contributed by atoms with E-state index in [-0.39, 0.29) is 0 Å². The lowest BCUT2D eigenvalue weighted by Crippen LogP contribution is -2.10. The SMILES string of the molecule is O=S(=O)(Cl)c1cc2ccccc2cc1C(F)(F)F. The molecule has 0 bridgehead atoms. The van der Waals surface area contributed by atoms with E-state index < -0.39 is 25.7 Å². The van der Waals surface area contributed by atoms with E-state index in [0.717, 1.165) is 12.1 Å². The minimum absolute atomic E-state index is 0.300. The van der Waals surface area contributed by atoms with Gasteiger partial charge >= 0.3 is 6.18 Å².